The van der Waals surface area contributed by atoms with Crippen LogP contribution in [0.5, 0.6) is 11.5 Å². The second-order valence-corrected chi connectivity index (χ2v) is 13.4. The van der Waals surface area contributed by atoms with Crippen molar-refractivity contribution in [2.24, 2.45) is 11.3 Å². The number of aromatic nitrogens is 2. The van der Waals surface area contributed by atoms with Crippen molar-refractivity contribution in [1.29, 1.82) is 5.26 Å². The van der Waals surface area contributed by atoms with Gasteiger partial charge >= 0.3 is 0 Å². The van der Waals surface area contributed by atoms with Crippen molar-refractivity contribution >= 4 is 11.7 Å². The molecule has 0 atom stereocenters. The lowest BCUT2D eigenvalue weighted by atomic mass is 9.72. The Labute approximate surface area is 258 Å². The summed E-state index contributed by atoms with van der Waals surface area (Å²) in [6.45, 7) is 6.82. The molecule has 2 aliphatic heterocycles. The van der Waals surface area contributed by atoms with Crippen LogP contribution in [0.25, 0.3) is 11.1 Å². The van der Waals surface area contributed by atoms with Crippen molar-refractivity contribution in [3.8, 4) is 28.7 Å². The number of hydrogen-bond acceptors (Lipinski definition) is 7. The first-order valence-electron chi connectivity index (χ1n) is 15.9. The fourth-order valence-corrected chi connectivity index (χ4v) is 7.57. The molecular weight excluding hydrogens is 555 g/mol. The van der Waals surface area contributed by atoms with Crippen LogP contribution >= 0.6 is 0 Å². The SMILES string of the molecule is CC(=O)N[C@H]1CC[C@H](CCN2CC3(C2)CN(c2ncncc2Oc2ccc(F)cc2-c2ccc(C#N)cc2C2CC2)C3)CC1. The molecule has 0 unspecified atom stereocenters. The second-order valence-electron chi connectivity index (χ2n) is 13.4. The topological polar surface area (TPSA) is 94.4 Å². The molecule has 3 aromatic rings. The standard InChI is InChI=1S/C35H39FN6O2/c1-23(43)40-28-8-2-24(3-9-28)12-13-41-18-35(19-41)20-42(21-35)34-33(17-38-22-39-34)44-32-11-7-27(36)15-31(32)29-10-4-25(16-37)14-30(29)26-5-6-26/h4,7,10-11,14-15,17,22,24,26,28H,2-3,5-6,8-9,12-13,18-21H2,1H3,(H,40,43)/t24-,28-. The van der Waals surface area contributed by atoms with Gasteiger partial charge in [-0.3, -0.25) is 4.79 Å². The van der Waals surface area contributed by atoms with Crippen molar-refractivity contribution in [2.45, 2.75) is 63.8 Å². The number of amides is 1. The van der Waals surface area contributed by atoms with Gasteiger partial charge in [0, 0.05) is 50.1 Å². The predicted molar refractivity (Wildman–Crippen MR) is 166 cm³/mol. The number of benzene rings is 2. The van der Waals surface area contributed by atoms with E-state index in [1.807, 2.05) is 12.1 Å². The number of carbonyl (C=O) groups is 1. The van der Waals surface area contributed by atoms with E-state index in [-0.39, 0.29) is 11.7 Å². The summed E-state index contributed by atoms with van der Waals surface area (Å²) in [5.74, 6) is 2.76. The molecule has 1 N–H and O–H groups in total. The van der Waals surface area contributed by atoms with Crippen molar-refractivity contribution in [3.05, 3.63) is 65.9 Å². The largest absolute Gasteiger partial charge is 0.451 e. The van der Waals surface area contributed by atoms with Gasteiger partial charge in [0.2, 0.25) is 5.91 Å². The van der Waals surface area contributed by atoms with Gasteiger partial charge in [-0.25, -0.2) is 14.4 Å². The van der Waals surface area contributed by atoms with Crippen LogP contribution in [0.2, 0.25) is 0 Å². The number of nitrogens with one attached hydrogen (secondary N) is 1. The Balaban J connectivity index is 0.980. The van der Waals surface area contributed by atoms with Crippen molar-refractivity contribution in [2.75, 3.05) is 37.6 Å². The third kappa shape index (κ3) is 6.00. The molecule has 2 aromatic carbocycles. The Morgan fingerprint density at radius 1 is 1.05 bits per heavy atom. The van der Waals surface area contributed by atoms with E-state index >= 15 is 0 Å². The Morgan fingerprint density at radius 3 is 2.57 bits per heavy atom. The lowest BCUT2D eigenvalue weighted by molar-refractivity contribution is -0.119. The van der Waals surface area contributed by atoms with Gasteiger partial charge in [-0.05, 0) is 105 Å². The highest BCUT2D eigenvalue weighted by Crippen LogP contribution is 2.48. The molecule has 3 heterocycles. The van der Waals surface area contributed by atoms with E-state index in [1.54, 1.807) is 31.6 Å². The van der Waals surface area contributed by atoms with Crippen LogP contribution in [-0.4, -0.2) is 59.5 Å². The summed E-state index contributed by atoms with van der Waals surface area (Å²) in [4.78, 5) is 25.0. The summed E-state index contributed by atoms with van der Waals surface area (Å²) in [6, 6.07) is 12.8. The average molecular weight is 595 g/mol. The Kier molecular flexibility index (Phi) is 7.71. The molecule has 4 fully saturated rings. The third-order valence-corrected chi connectivity index (χ3v) is 9.89. The summed E-state index contributed by atoms with van der Waals surface area (Å²) in [6.07, 6.45) is 11.2. The van der Waals surface area contributed by atoms with E-state index in [2.05, 4.69) is 31.2 Å². The molecule has 2 aliphatic carbocycles. The van der Waals surface area contributed by atoms with E-state index in [0.29, 0.717) is 40.0 Å². The van der Waals surface area contributed by atoms with Crippen molar-refractivity contribution < 1.29 is 13.9 Å². The molecule has 1 aromatic heterocycles. The quantitative estimate of drug-likeness (QED) is 0.323. The van der Waals surface area contributed by atoms with Crippen LogP contribution in [0, 0.1) is 28.5 Å². The highest BCUT2D eigenvalue weighted by Gasteiger charge is 2.52. The fraction of sp³-hybridized carbons (Fsp3) is 0.486. The second kappa shape index (κ2) is 11.8. The summed E-state index contributed by atoms with van der Waals surface area (Å²) in [7, 11) is 0. The first kappa shape index (κ1) is 28.7. The zero-order valence-corrected chi connectivity index (χ0v) is 25.3. The zero-order valence-electron chi connectivity index (χ0n) is 25.3. The van der Waals surface area contributed by atoms with Crippen molar-refractivity contribution in [3.63, 3.8) is 0 Å². The first-order chi connectivity index (χ1) is 21.4. The van der Waals surface area contributed by atoms with Crippen LogP contribution in [-0.2, 0) is 4.79 Å². The monoisotopic (exact) mass is 594 g/mol. The third-order valence-electron chi connectivity index (χ3n) is 9.89. The zero-order chi connectivity index (χ0) is 30.3. The maximum Gasteiger partial charge on any atom is 0.217 e. The number of nitriles is 1. The van der Waals surface area contributed by atoms with Gasteiger partial charge in [0.05, 0.1) is 17.8 Å². The van der Waals surface area contributed by atoms with Gasteiger partial charge in [-0.15, -0.1) is 0 Å². The number of carbonyl (C=O) groups excluding carboxylic acids is 1. The Bertz CT molecular complexity index is 1580. The summed E-state index contributed by atoms with van der Waals surface area (Å²) in [5.41, 5.74) is 3.55. The van der Waals surface area contributed by atoms with Gasteiger partial charge in [0.25, 0.3) is 0 Å². The number of halogens is 1. The van der Waals surface area contributed by atoms with Gasteiger partial charge < -0.3 is 19.9 Å². The van der Waals surface area contributed by atoms with E-state index < -0.39 is 0 Å². The number of nitrogens with zero attached hydrogens (tertiary/aromatic N) is 5. The van der Waals surface area contributed by atoms with Crippen LogP contribution in [0.4, 0.5) is 10.2 Å². The molecule has 7 rings (SSSR count). The molecular formula is C35H39FN6O2. The highest BCUT2D eigenvalue weighted by molar-refractivity contribution is 5.76. The van der Waals surface area contributed by atoms with Crippen LogP contribution in [0.15, 0.2) is 48.9 Å². The maximum absolute atomic E-state index is 14.6. The molecule has 8 nitrogen and oxygen atoms in total. The minimum absolute atomic E-state index is 0.0836. The maximum atomic E-state index is 14.6. The molecule has 2 saturated heterocycles. The predicted octanol–water partition coefficient (Wildman–Crippen LogP) is 6.03. The molecule has 9 heteroatoms. The summed E-state index contributed by atoms with van der Waals surface area (Å²) in [5, 5.41) is 12.5. The molecule has 4 aliphatic rings. The normalized spacial score (nSPS) is 22.5. The number of ether oxygens (including phenoxy) is 1. The van der Waals surface area contributed by atoms with Gasteiger partial charge in [-0.2, -0.15) is 5.26 Å². The molecule has 1 amide bonds. The summed E-state index contributed by atoms with van der Waals surface area (Å²) >= 11 is 0. The van der Waals surface area contributed by atoms with Crippen LogP contribution in [0.1, 0.15) is 68.9 Å². The van der Waals surface area contributed by atoms with Crippen LogP contribution in [0.3, 0.4) is 0 Å². The number of likely N-dealkylation sites (tertiary alicyclic amines) is 1. The number of hydrogen-bond donors (Lipinski definition) is 1. The van der Waals surface area contributed by atoms with E-state index in [9.17, 15) is 14.4 Å². The average Bonchev–Trinajstić information content (AvgIpc) is 3.83. The van der Waals surface area contributed by atoms with E-state index in [1.165, 1.54) is 31.4 Å². The van der Waals surface area contributed by atoms with Crippen LogP contribution < -0.4 is 15.0 Å². The molecule has 1 spiro atoms. The van der Waals surface area contributed by atoms with Gasteiger partial charge in [0.15, 0.2) is 11.6 Å². The van der Waals surface area contributed by atoms with E-state index in [4.69, 9.17) is 4.74 Å². The first-order valence-corrected chi connectivity index (χ1v) is 15.9. The molecule has 44 heavy (non-hydrogen) atoms. The molecule has 2 saturated carbocycles. The van der Waals surface area contributed by atoms with E-state index in [0.717, 1.165) is 81.3 Å². The smallest absolute Gasteiger partial charge is 0.217 e. The fourth-order valence-electron chi connectivity index (χ4n) is 7.57. The highest BCUT2D eigenvalue weighted by atomic mass is 19.1. The molecule has 228 valence electrons. The minimum Gasteiger partial charge on any atom is -0.451 e. The summed E-state index contributed by atoms with van der Waals surface area (Å²) < 4.78 is 21.0. The number of anilines is 1. The lowest BCUT2D eigenvalue weighted by Crippen LogP contribution is -2.72. The van der Waals surface area contributed by atoms with Gasteiger partial charge in [-0.1, -0.05) is 6.07 Å². The Morgan fingerprint density at radius 2 is 1.84 bits per heavy atom. The molecule has 0 radical (unpaired) electrons. The van der Waals surface area contributed by atoms with Crippen molar-refractivity contribution in [1.82, 2.24) is 20.2 Å². The lowest BCUT2D eigenvalue weighted by Gasteiger charge is -2.61. The molecule has 0 bridgehead atoms. The van der Waals surface area contributed by atoms with Gasteiger partial charge in [0.1, 0.15) is 17.9 Å². The minimum atomic E-state index is -0.333. The number of rotatable bonds is 9. The Hall–Kier alpha value is -4.03.